The van der Waals surface area contributed by atoms with Gasteiger partial charge in [0, 0.05) is 15.7 Å². The van der Waals surface area contributed by atoms with Crippen LogP contribution in [0.1, 0.15) is 34.3 Å². The topological polar surface area (TPSA) is 49.3 Å². The molecule has 0 aliphatic heterocycles. The van der Waals surface area contributed by atoms with Crippen LogP contribution in [0.5, 0.6) is 0 Å². The maximum atomic E-state index is 11.6. The Morgan fingerprint density at radius 3 is 2.70 bits per heavy atom. The summed E-state index contributed by atoms with van der Waals surface area (Å²) < 4.78 is 0. The Balaban J connectivity index is 1.62. The van der Waals surface area contributed by atoms with Crippen LogP contribution >= 0.6 is 11.3 Å². The van der Waals surface area contributed by atoms with E-state index in [2.05, 4.69) is 5.32 Å². The Hall–Kier alpha value is -1.65. The van der Waals surface area contributed by atoms with Crippen molar-refractivity contribution in [3.8, 4) is 0 Å². The van der Waals surface area contributed by atoms with Crippen molar-refractivity contribution in [1.82, 2.24) is 5.32 Å². The molecule has 104 valence electrons. The second-order valence-electron chi connectivity index (χ2n) is 5.11. The summed E-state index contributed by atoms with van der Waals surface area (Å²) in [5.74, 6) is 0.396. The summed E-state index contributed by atoms with van der Waals surface area (Å²) in [4.78, 5) is 13.6. The lowest BCUT2D eigenvalue weighted by atomic mass is 10.1. The number of amides is 1. The summed E-state index contributed by atoms with van der Waals surface area (Å²) in [5.41, 5.74) is 0.892. The fraction of sp³-hybridized carbons (Fsp3) is 0.312. The predicted molar refractivity (Wildman–Crippen MR) is 79.4 cm³/mol. The third-order valence-corrected chi connectivity index (χ3v) is 4.59. The van der Waals surface area contributed by atoms with E-state index >= 15 is 0 Å². The van der Waals surface area contributed by atoms with E-state index in [0.29, 0.717) is 6.54 Å². The zero-order chi connectivity index (χ0) is 13.9. The highest BCUT2D eigenvalue weighted by atomic mass is 32.1. The van der Waals surface area contributed by atoms with Gasteiger partial charge in [0.05, 0.1) is 6.54 Å². The molecule has 1 amide bonds. The number of thiophene rings is 1. The third kappa shape index (κ3) is 3.08. The maximum Gasteiger partial charge on any atom is 0.223 e. The maximum absolute atomic E-state index is 11.6. The van der Waals surface area contributed by atoms with Gasteiger partial charge in [0.2, 0.25) is 5.91 Å². The number of aliphatic hydroxyl groups excluding tert-OH is 1. The predicted octanol–water partition coefficient (Wildman–Crippen LogP) is 2.86. The van der Waals surface area contributed by atoms with Gasteiger partial charge in [-0.1, -0.05) is 30.3 Å². The molecule has 0 saturated heterocycles. The van der Waals surface area contributed by atoms with E-state index in [-0.39, 0.29) is 11.8 Å². The fourth-order valence-corrected chi connectivity index (χ4v) is 3.07. The van der Waals surface area contributed by atoms with E-state index in [0.717, 1.165) is 28.2 Å². The molecule has 1 aliphatic carbocycles. The monoisotopic (exact) mass is 287 g/mol. The molecule has 3 rings (SSSR count). The molecule has 2 N–H and O–H groups in total. The van der Waals surface area contributed by atoms with Crippen LogP contribution in [0.4, 0.5) is 0 Å². The lowest BCUT2D eigenvalue weighted by Crippen LogP contribution is -2.23. The van der Waals surface area contributed by atoms with Gasteiger partial charge in [-0.2, -0.15) is 0 Å². The van der Waals surface area contributed by atoms with Crippen molar-refractivity contribution < 1.29 is 9.90 Å². The van der Waals surface area contributed by atoms with Gasteiger partial charge in [0.25, 0.3) is 0 Å². The first-order valence-corrected chi connectivity index (χ1v) is 7.65. The van der Waals surface area contributed by atoms with E-state index in [1.54, 1.807) is 11.3 Å². The smallest absolute Gasteiger partial charge is 0.223 e. The van der Waals surface area contributed by atoms with Crippen molar-refractivity contribution in [3.05, 3.63) is 57.8 Å². The standard InChI is InChI=1S/C16H17NO2S/c18-15(11-4-2-1-3-5-11)14-9-8-13(20-14)10-17-16(19)12-6-7-12/h1-5,8-9,12,15,18H,6-7,10H2,(H,17,19). The number of nitrogens with one attached hydrogen (secondary N) is 1. The molecule has 1 aromatic carbocycles. The summed E-state index contributed by atoms with van der Waals surface area (Å²) in [7, 11) is 0. The molecular formula is C16H17NO2S. The fourth-order valence-electron chi connectivity index (χ4n) is 2.10. The summed E-state index contributed by atoms with van der Waals surface area (Å²) >= 11 is 1.55. The molecule has 2 aromatic rings. The number of carbonyl (C=O) groups excluding carboxylic acids is 1. The van der Waals surface area contributed by atoms with E-state index in [9.17, 15) is 9.90 Å². The molecule has 4 heteroatoms. The molecule has 1 aromatic heterocycles. The number of rotatable bonds is 5. The minimum absolute atomic E-state index is 0.156. The number of carbonyl (C=O) groups is 1. The van der Waals surface area contributed by atoms with Gasteiger partial charge in [-0.3, -0.25) is 4.79 Å². The van der Waals surface area contributed by atoms with Gasteiger partial charge in [-0.15, -0.1) is 11.3 Å². The Morgan fingerprint density at radius 2 is 2.00 bits per heavy atom. The van der Waals surface area contributed by atoms with Crippen molar-refractivity contribution in [3.63, 3.8) is 0 Å². The molecule has 3 nitrogen and oxygen atoms in total. The average molecular weight is 287 g/mol. The van der Waals surface area contributed by atoms with Crippen molar-refractivity contribution in [1.29, 1.82) is 0 Å². The van der Waals surface area contributed by atoms with Gasteiger partial charge in [-0.05, 0) is 30.5 Å². The molecule has 0 radical (unpaired) electrons. The molecular weight excluding hydrogens is 270 g/mol. The minimum atomic E-state index is -0.589. The normalized spacial score (nSPS) is 15.8. The summed E-state index contributed by atoms with van der Waals surface area (Å²) in [5, 5.41) is 13.2. The Labute approximate surface area is 122 Å². The van der Waals surface area contributed by atoms with Crippen LogP contribution in [0.3, 0.4) is 0 Å². The lowest BCUT2D eigenvalue weighted by Gasteiger charge is -2.08. The molecule has 1 aliphatic rings. The van der Waals surface area contributed by atoms with E-state index in [1.807, 2.05) is 42.5 Å². The van der Waals surface area contributed by atoms with Gasteiger partial charge in [0.15, 0.2) is 0 Å². The molecule has 1 saturated carbocycles. The third-order valence-electron chi connectivity index (χ3n) is 3.45. The van der Waals surface area contributed by atoms with E-state index < -0.39 is 6.10 Å². The first-order valence-electron chi connectivity index (χ1n) is 6.83. The number of hydrogen-bond donors (Lipinski definition) is 2. The minimum Gasteiger partial charge on any atom is -0.383 e. The second-order valence-corrected chi connectivity index (χ2v) is 6.31. The summed E-state index contributed by atoms with van der Waals surface area (Å²) in [6, 6.07) is 13.5. The van der Waals surface area contributed by atoms with Crippen LogP contribution in [0.2, 0.25) is 0 Å². The van der Waals surface area contributed by atoms with Crippen molar-refractivity contribution in [2.24, 2.45) is 5.92 Å². The van der Waals surface area contributed by atoms with E-state index in [4.69, 9.17) is 0 Å². The van der Waals surface area contributed by atoms with Crippen LogP contribution in [-0.2, 0) is 11.3 Å². The van der Waals surface area contributed by atoms with Gasteiger partial charge < -0.3 is 10.4 Å². The first-order chi connectivity index (χ1) is 9.74. The van der Waals surface area contributed by atoms with Crippen LogP contribution in [0.15, 0.2) is 42.5 Å². The van der Waals surface area contributed by atoms with Crippen molar-refractivity contribution in [2.45, 2.75) is 25.5 Å². The second kappa shape index (κ2) is 5.77. The highest BCUT2D eigenvalue weighted by molar-refractivity contribution is 7.12. The average Bonchev–Trinajstić information content (AvgIpc) is 3.24. The van der Waals surface area contributed by atoms with Gasteiger partial charge in [-0.25, -0.2) is 0 Å². The van der Waals surface area contributed by atoms with Crippen LogP contribution in [-0.4, -0.2) is 11.0 Å². The van der Waals surface area contributed by atoms with Crippen molar-refractivity contribution in [2.75, 3.05) is 0 Å². The molecule has 0 bridgehead atoms. The highest BCUT2D eigenvalue weighted by Crippen LogP contribution is 2.30. The Bertz CT molecular complexity index is 590. The molecule has 0 spiro atoms. The lowest BCUT2D eigenvalue weighted by molar-refractivity contribution is -0.122. The van der Waals surface area contributed by atoms with E-state index in [1.165, 1.54) is 0 Å². The SMILES string of the molecule is O=C(NCc1ccc(C(O)c2ccccc2)s1)C1CC1. The van der Waals surface area contributed by atoms with Crippen molar-refractivity contribution >= 4 is 17.2 Å². The quantitative estimate of drug-likeness (QED) is 0.888. The number of hydrogen-bond acceptors (Lipinski definition) is 3. The Kier molecular flexibility index (Phi) is 3.85. The first kappa shape index (κ1) is 13.3. The largest absolute Gasteiger partial charge is 0.383 e. The van der Waals surface area contributed by atoms with Crippen LogP contribution in [0, 0.1) is 5.92 Å². The van der Waals surface area contributed by atoms with Gasteiger partial charge in [0.1, 0.15) is 6.10 Å². The highest BCUT2D eigenvalue weighted by Gasteiger charge is 2.29. The molecule has 1 atom stereocenters. The molecule has 1 heterocycles. The zero-order valence-electron chi connectivity index (χ0n) is 11.1. The molecule has 20 heavy (non-hydrogen) atoms. The Morgan fingerprint density at radius 1 is 1.25 bits per heavy atom. The van der Waals surface area contributed by atoms with Crippen LogP contribution in [0.25, 0.3) is 0 Å². The zero-order valence-corrected chi connectivity index (χ0v) is 11.9. The van der Waals surface area contributed by atoms with Crippen LogP contribution < -0.4 is 5.32 Å². The van der Waals surface area contributed by atoms with Gasteiger partial charge >= 0.3 is 0 Å². The summed E-state index contributed by atoms with van der Waals surface area (Å²) in [6.45, 7) is 0.557. The number of aliphatic hydroxyl groups is 1. The number of benzene rings is 1. The molecule has 1 fully saturated rings. The molecule has 1 unspecified atom stereocenters. The summed E-state index contributed by atoms with van der Waals surface area (Å²) in [6.07, 6.45) is 1.46.